The van der Waals surface area contributed by atoms with E-state index in [4.69, 9.17) is 5.11 Å². The Kier molecular flexibility index (Phi) is 5.03. The van der Waals surface area contributed by atoms with E-state index in [2.05, 4.69) is 11.9 Å². The standard InChI is InChI=1S/C13H20N2O4S2/c1-14-6-3-10(4-7-14)9-15(2)21(18,19)11-5-8-20-12(11)13(16)17/h5,8,10H,3-4,6-7,9H2,1-2H3,(H,16,17). The molecule has 0 spiro atoms. The Labute approximate surface area is 129 Å². The molecule has 21 heavy (non-hydrogen) atoms. The number of carbonyl (C=O) groups is 1. The van der Waals surface area contributed by atoms with Gasteiger partial charge in [-0.15, -0.1) is 11.3 Å². The van der Waals surface area contributed by atoms with Gasteiger partial charge in [0.2, 0.25) is 10.0 Å². The fraction of sp³-hybridized carbons (Fsp3) is 0.615. The zero-order chi connectivity index (χ0) is 15.6. The van der Waals surface area contributed by atoms with Crippen molar-refractivity contribution in [3.05, 3.63) is 16.3 Å². The van der Waals surface area contributed by atoms with Crippen molar-refractivity contribution in [2.45, 2.75) is 17.7 Å². The number of sulfonamides is 1. The van der Waals surface area contributed by atoms with Gasteiger partial charge in [-0.3, -0.25) is 0 Å². The average molecular weight is 332 g/mol. The Hall–Kier alpha value is -0.960. The number of rotatable bonds is 5. The number of thiophene rings is 1. The predicted octanol–water partition coefficient (Wildman–Crippen LogP) is 1.41. The average Bonchev–Trinajstić information content (AvgIpc) is 2.91. The van der Waals surface area contributed by atoms with Gasteiger partial charge in [-0.05, 0) is 50.3 Å². The lowest BCUT2D eigenvalue weighted by molar-refractivity contribution is 0.0698. The van der Waals surface area contributed by atoms with E-state index in [0.717, 1.165) is 37.3 Å². The molecule has 1 fully saturated rings. The molecule has 1 aliphatic rings. The molecule has 118 valence electrons. The molecular formula is C13H20N2O4S2. The first-order chi connectivity index (χ1) is 9.82. The van der Waals surface area contributed by atoms with E-state index in [0.29, 0.717) is 12.5 Å². The van der Waals surface area contributed by atoms with Gasteiger partial charge in [0.25, 0.3) is 0 Å². The summed E-state index contributed by atoms with van der Waals surface area (Å²) in [5, 5.41) is 10.6. The van der Waals surface area contributed by atoms with E-state index in [-0.39, 0.29) is 9.77 Å². The third-order valence-electron chi connectivity index (χ3n) is 3.87. The van der Waals surface area contributed by atoms with Gasteiger partial charge in [0.1, 0.15) is 9.77 Å². The predicted molar refractivity (Wildman–Crippen MR) is 81.3 cm³/mol. The number of piperidine rings is 1. The number of carboxylic acids is 1. The van der Waals surface area contributed by atoms with Gasteiger partial charge in [0.05, 0.1) is 0 Å². The summed E-state index contributed by atoms with van der Waals surface area (Å²) in [4.78, 5) is 13.1. The van der Waals surface area contributed by atoms with Gasteiger partial charge in [0, 0.05) is 13.6 Å². The van der Waals surface area contributed by atoms with Gasteiger partial charge in [-0.1, -0.05) is 0 Å². The van der Waals surface area contributed by atoms with Crippen LogP contribution < -0.4 is 0 Å². The third-order valence-corrected chi connectivity index (χ3v) is 6.76. The second kappa shape index (κ2) is 6.43. The van der Waals surface area contributed by atoms with Crippen molar-refractivity contribution in [2.75, 3.05) is 33.7 Å². The Bertz CT molecular complexity index is 603. The quantitative estimate of drug-likeness (QED) is 0.882. The lowest BCUT2D eigenvalue weighted by Crippen LogP contribution is -2.38. The largest absolute Gasteiger partial charge is 0.477 e. The van der Waals surface area contributed by atoms with E-state index < -0.39 is 16.0 Å². The number of likely N-dealkylation sites (tertiary alicyclic amines) is 1. The maximum atomic E-state index is 12.5. The third kappa shape index (κ3) is 3.63. The minimum absolute atomic E-state index is 0.101. The molecule has 2 heterocycles. The van der Waals surface area contributed by atoms with Crippen LogP contribution in [0, 0.1) is 5.92 Å². The lowest BCUT2D eigenvalue weighted by Gasteiger charge is -2.31. The topological polar surface area (TPSA) is 77.9 Å². The van der Waals surface area contributed by atoms with Gasteiger partial charge in [0.15, 0.2) is 0 Å². The SMILES string of the molecule is CN1CCC(CN(C)S(=O)(=O)c2ccsc2C(=O)O)CC1. The fourth-order valence-electron chi connectivity index (χ4n) is 2.53. The molecule has 1 aromatic rings. The molecule has 0 amide bonds. The normalized spacial score (nSPS) is 18.2. The molecule has 8 heteroatoms. The molecule has 0 saturated carbocycles. The summed E-state index contributed by atoms with van der Waals surface area (Å²) < 4.78 is 26.3. The highest BCUT2D eigenvalue weighted by Gasteiger charge is 2.30. The second-order valence-electron chi connectivity index (χ2n) is 5.45. The summed E-state index contributed by atoms with van der Waals surface area (Å²) in [6.45, 7) is 2.37. The highest BCUT2D eigenvalue weighted by atomic mass is 32.2. The second-order valence-corrected chi connectivity index (χ2v) is 8.38. The molecule has 0 atom stereocenters. The highest BCUT2D eigenvalue weighted by Crippen LogP contribution is 2.26. The summed E-state index contributed by atoms with van der Waals surface area (Å²) in [6.07, 6.45) is 1.93. The highest BCUT2D eigenvalue weighted by molar-refractivity contribution is 7.89. The Morgan fingerprint density at radius 3 is 2.67 bits per heavy atom. The van der Waals surface area contributed by atoms with Crippen LogP contribution in [0.4, 0.5) is 0 Å². The lowest BCUT2D eigenvalue weighted by atomic mass is 9.97. The minimum atomic E-state index is -3.73. The first kappa shape index (κ1) is 16.4. The van der Waals surface area contributed by atoms with Crippen LogP contribution in [0.3, 0.4) is 0 Å². The van der Waals surface area contributed by atoms with E-state index in [1.165, 1.54) is 22.8 Å². The van der Waals surface area contributed by atoms with Crippen LogP contribution in [0.1, 0.15) is 22.5 Å². The van der Waals surface area contributed by atoms with E-state index >= 15 is 0 Å². The number of hydrogen-bond donors (Lipinski definition) is 1. The van der Waals surface area contributed by atoms with Gasteiger partial charge in [-0.25, -0.2) is 17.5 Å². The van der Waals surface area contributed by atoms with Crippen LogP contribution in [-0.2, 0) is 10.0 Å². The maximum absolute atomic E-state index is 12.5. The minimum Gasteiger partial charge on any atom is -0.477 e. The van der Waals surface area contributed by atoms with Crippen molar-refractivity contribution in [1.82, 2.24) is 9.21 Å². The summed E-state index contributed by atoms with van der Waals surface area (Å²) in [5.74, 6) is -0.871. The number of carboxylic acid groups (broad SMARTS) is 1. The van der Waals surface area contributed by atoms with Crippen LogP contribution in [0.5, 0.6) is 0 Å². The molecule has 0 aromatic carbocycles. The number of nitrogens with zero attached hydrogens (tertiary/aromatic N) is 2. The van der Waals surface area contributed by atoms with Crippen LogP contribution in [-0.4, -0.2) is 62.4 Å². The van der Waals surface area contributed by atoms with Crippen molar-refractivity contribution in [1.29, 1.82) is 0 Å². The van der Waals surface area contributed by atoms with E-state index in [1.807, 2.05) is 0 Å². The van der Waals surface area contributed by atoms with Crippen LogP contribution in [0.25, 0.3) is 0 Å². The summed E-state index contributed by atoms with van der Waals surface area (Å²) in [6, 6.07) is 1.37. The van der Waals surface area contributed by atoms with Crippen molar-refractivity contribution < 1.29 is 18.3 Å². The van der Waals surface area contributed by atoms with Gasteiger partial charge in [-0.2, -0.15) is 0 Å². The Morgan fingerprint density at radius 1 is 1.48 bits per heavy atom. The first-order valence-corrected chi connectivity index (χ1v) is 9.10. The smallest absolute Gasteiger partial charge is 0.347 e. The molecule has 6 nitrogen and oxygen atoms in total. The van der Waals surface area contributed by atoms with Crippen molar-refractivity contribution in [3.8, 4) is 0 Å². The monoisotopic (exact) mass is 332 g/mol. The molecule has 1 aromatic heterocycles. The van der Waals surface area contributed by atoms with E-state index in [1.54, 1.807) is 0 Å². The molecule has 0 bridgehead atoms. The molecule has 1 saturated heterocycles. The zero-order valence-corrected chi connectivity index (χ0v) is 13.8. The van der Waals surface area contributed by atoms with Crippen LogP contribution in [0.15, 0.2) is 16.3 Å². The molecular weight excluding hydrogens is 312 g/mol. The van der Waals surface area contributed by atoms with Crippen molar-refractivity contribution in [3.63, 3.8) is 0 Å². The number of aromatic carboxylic acids is 1. The van der Waals surface area contributed by atoms with E-state index in [9.17, 15) is 13.2 Å². The van der Waals surface area contributed by atoms with Crippen molar-refractivity contribution in [2.24, 2.45) is 5.92 Å². The Morgan fingerprint density at radius 2 is 2.10 bits per heavy atom. The first-order valence-electron chi connectivity index (χ1n) is 6.78. The molecule has 0 radical (unpaired) electrons. The molecule has 0 unspecified atom stereocenters. The summed E-state index contributed by atoms with van der Waals surface area (Å²) in [7, 11) is -0.153. The molecule has 1 aliphatic heterocycles. The molecule has 2 rings (SSSR count). The maximum Gasteiger partial charge on any atom is 0.347 e. The van der Waals surface area contributed by atoms with Crippen molar-refractivity contribution >= 4 is 27.3 Å². The van der Waals surface area contributed by atoms with Crippen LogP contribution in [0.2, 0.25) is 0 Å². The molecule has 1 N–H and O–H groups in total. The number of hydrogen-bond acceptors (Lipinski definition) is 5. The molecule has 0 aliphatic carbocycles. The summed E-state index contributed by atoms with van der Waals surface area (Å²) >= 11 is 0.936. The Balaban J connectivity index is 2.12. The summed E-state index contributed by atoms with van der Waals surface area (Å²) in [5.41, 5.74) is 0. The zero-order valence-electron chi connectivity index (χ0n) is 12.2. The van der Waals surface area contributed by atoms with Gasteiger partial charge >= 0.3 is 5.97 Å². The van der Waals surface area contributed by atoms with Crippen LogP contribution >= 0.6 is 11.3 Å². The van der Waals surface area contributed by atoms with Gasteiger partial charge < -0.3 is 10.0 Å². The fourth-order valence-corrected chi connectivity index (χ4v) is 5.01.